The SMILES string of the molecule is CNC(=O)c1c2cc(C3CC3)c(N(CCCO)S(C)(=O)=O)cc2nn1-c1ccc(C2CC2)cc1. The van der Waals surface area contributed by atoms with Crippen molar-refractivity contribution in [2.45, 2.75) is 43.9 Å². The number of rotatable bonds is 9. The first kappa shape index (κ1) is 22.9. The molecule has 0 saturated heterocycles. The number of nitrogens with zero attached hydrogens (tertiary/aromatic N) is 3. The molecule has 1 heterocycles. The highest BCUT2D eigenvalue weighted by Crippen LogP contribution is 2.47. The van der Waals surface area contributed by atoms with Gasteiger partial charge >= 0.3 is 0 Å². The number of carbonyl (C=O) groups is 1. The fourth-order valence-electron chi connectivity index (χ4n) is 4.58. The number of nitrogens with one attached hydrogen (secondary N) is 1. The predicted octanol–water partition coefficient (Wildman–Crippen LogP) is 3.29. The second kappa shape index (κ2) is 8.70. The molecule has 0 spiro atoms. The molecule has 2 saturated carbocycles. The van der Waals surface area contributed by atoms with Gasteiger partial charge in [-0.25, -0.2) is 13.1 Å². The Kier molecular flexibility index (Phi) is 5.85. The summed E-state index contributed by atoms with van der Waals surface area (Å²) >= 11 is 0. The molecular formula is C25H30N4O4S. The highest BCUT2D eigenvalue weighted by Gasteiger charge is 2.32. The summed E-state index contributed by atoms with van der Waals surface area (Å²) in [6.45, 7) is 0.0888. The number of aliphatic hydroxyl groups is 1. The number of aliphatic hydroxyl groups excluding tert-OH is 1. The molecule has 8 nitrogen and oxygen atoms in total. The molecule has 1 amide bonds. The number of hydrogen-bond acceptors (Lipinski definition) is 5. The van der Waals surface area contributed by atoms with Gasteiger partial charge in [0.05, 0.1) is 23.1 Å². The fraction of sp³-hybridized carbons (Fsp3) is 0.440. The molecule has 34 heavy (non-hydrogen) atoms. The number of amides is 1. The molecule has 180 valence electrons. The average molecular weight is 483 g/mol. The third-order valence-electron chi connectivity index (χ3n) is 6.65. The molecule has 1 aromatic heterocycles. The summed E-state index contributed by atoms with van der Waals surface area (Å²) in [4.78, 5) is 13.0. The first-order chi connectivity index (χ1) is 16.3. The van der Waals surface area contributed by atoms with Crippen molar-refractivity contribution in [3.8, 4) is 5.69 Å². The van der Waals surface area contributed by atoms with Crippen LogP contribution in [0.1, 0.15) is 65.6 Å². The van der Waals surface area contributed by atoms with E-state index >= 15 is 0 Å². The van der Waals surface area contributed by atoms with Gasteiger partial charge in [-0.2, -0.15) is 5.10 Å². The number of carbonyl (C=O) groups excluding carboxylic acids is 1. The number of anilines is 1. The van der Waals surface area contributed by atoms with Crippen LogP contribution < -0.4 is 9.62 Å². The van der Waals surface area contributed by atoms with Gasteiger partial charge in [0.25, 0.3) is 5.91 Å². The third-order valence-corrected chi connectivity index (χ3v) is 7.83. The summed E-state index contributed by atoms with van der Waals surface area (Å²) < 4.78 is 28.3. The van der Waals surface area contributed by atoms with Crippen molar-refractivity contribution in [3.05, 3.63) is 53.2 Å². The van der Waals surface area contributed by atoms with Crippen molar-refractivity contribution in [3.63, 3.8) is 0 Å². The van der Waals surface area contributed by atoms with Gasteiger partial charge in [-0.15, -0.1) is 0 Å². The van der Waals surface area contributed by atoms with E-state index in [1.54, 1.807) is 17.8 Å². The van der Waals surface area contributed by atoms with Crippen molar-refractivity contribution < 1.29 is 18.3 Å². The van der Waals surface area contributed by atoms with Crippen molar-refractivity contribution in [2.24, 2.45) is 0 Å². The Bertz CT molecular complexity index is 1340. The number of aromatic nitrogens is 2. The lowest BCUT2D eigenvalue weighted by Gasteiger charge is -2.25. The second-order valence-electron chi connectivity index (χ2n) is 9.32. The minimum absolute atomic E-state index is 0.0979. The number of benzene rings is 2. The van der Waals surface area contributed by atoms with Gasteiger partial charge in [-0.3, -0.25) is 9.10 Å². The van der Waals surface area contributed by atoms with Crippen LogP contribution in [0.3, 0.4) is 0 Å². The summed E-state index contributed by atoms with van der Waals surface area (Å²) in [6, 6.07) is 11.9. The quantitative estimate of drug-likeness (QED) is 0.487. The van der Waals surface area contributed by atoms with E-state index in [0.29, 0.717) is 34.6 Å². The Hall–Kier alpha value is -2.91. The van der Waals surface area contributed by atoms with Crippen LogP contribution in [-0.2, 0) is 10.0 Å². The van der Waals surface area contributed by atoms with E-state index < -0.39 is 10.0 Å². The molecule has 0 radical (unpaired) electrons. The van der Waals surface area contributed by atoms with E-state index in [1.165, 1.54) is 29.0 Å². The van der Waals surface area contributed by atoms with Crippen LogP contribution in [0.5, 0.6) is 0 Å². The van der Waals surface area contributed by atoms with E-state index in [1.807, 2.05) is 18.2 Å². The number of fused-ring (bicyclic) bond motifs is 1. The maximum absolute atomic E-state index is 13.0. The van der Waals surface area contributed by atoms with E-state index in [9.17, 15) is 18.3 Å². The molecule has 2 fully saturated rings. The maximum atomic E-state index is 13.0. The van der Waals surface area contributed by atoms with Gasteiger partial charge in [0.15, 0.2) is 0 Å². The normalized spacial score (nSPS) is 16.1. The molecule has 2 aliphatic rings. The van der Waals surface area contributed by atoms with Crippen molar-refractivity contribution in [2.75, 3.05) is 30.8 Å². The average Bonchev–Trinajstić information content (AvgIpc) is 3.74. The van der Waals surface area contributed by atoms with Crippen LogP contribution in [0.2, 0.25) is 0 Å². The zero-order valence-corrected chi connectivity index (χ0v) is 20.3. The molecule has 5 rings (SSSR count). The van der Waals surface area contributed by atoms with Crippen LogP contribution in [-0.4, -0.2) is 55.7 Å². The largest absolute Gasteiger partial charge is 0.396 e. The van der Waals surface area contributed by atoms with Crippen LogP contribution in [0.4, 0.5) is 5.69 Å². The van der Waals surface area contributed by atoms with Crippen LogP contribution in [0.15, 0.2) is 36.4 Å². The molecule has 0 aliphatic heterocycles. The molecule has 0 atom stereocenters. The standard InChI is InChI=1S/C25H30N4O4S/c1-26-25(31)24-21-14-20(18-6-7-18)23(28(12-3-13-30)34(2,32)33)15-22(21)27-29(24)19-10-8-17(9-11-19)16-4-5-16/h8-11,14-16,18,30H,3-7,12-13H2,1-2H3,(H,26,31). The molecule has 2 N–H and O–H groups in total. The smallest absolute Gasteiger partial charge is 0.270 e. The lowest BCUT2D eigenvalue weighted by molar-refractivity contribution is 0.0957. The molecule has 0 bridgehead atoms. The number of sulfonamides is 1. The second-order valence-corrected chi connectivity index (χ2v) is 11.2. The van der Waals surface area contributed by atoms with Gasteiger partial charge in [-0.1, -0.05) is 12.1 Å². The minimum atomic E-state index is -3.56. The Labute approximate surface area is 199 Å². The number of hydrogen-bond donors (Lipinski definition) is 2. The van der Waals surface area contributed by atoms with Gasteiger partial charge in [0, 0.05) is 25.6 Å². The lowest BCUT2D eigenvalue weighted by Crippen LogP contribution is -2.32. The van der Waals surface area contributed by atoms with E-state index in [0.717, 1.165) is 24.1 Å². The molecule has 9 heteroatoms. The van der Waals surface area contributed by atoms with Gasteiger partial charge in [0.2, 0.25) is 10.0 Å². The highest BCUT2D eigenvalue weighted by atomic mass is 32.2. The molecular weight excluding hydrogens is 452 g/mol. The molecule has 2 aliphatic carbocycles. The fourth-order valence-corrected chi connectivity index (χ4v) is 5.56. The monoisotopic (exact) mass is 482 g/mol. The molecule has 0 unspecified atom stereocenters. The predicted molar refractivity (Wildman–Crippen MR) is 132 cm³/mol. The summed E-state index contributed by atoms with van der Waals surface area (Å²) in [5.41, 5.74) is 4.57. The van der Waals surface area contributed by atoms with Gasteiger partial charge < -0.3 is 10.4 Å². The van der Waals surface area contributed by atoms with E-state index in [-0.39, 0.29) is 25.0 Å². The van der Waals surface area contributed by atoms with Crippen LogP contribution in [0, 0.1) is 0 Å². The Balaban J connectivity index is 1.69. The first-order valence-corrected chi connectivity index (χ1v) is 13.6. The summed E-state index contributed by atoms with van der Waals surface area (Å²) in [5, 5.41) is 17.5. The van der Waals surface area contributed by atoms with E-state index in [2.05, 4.69) is 17.4 Å². The lowest BCUT2D eigenvalue weighted by atomic mass is 10.0. The topological polar surface area (TPSA) is 105 Å². The summed E-state index contributed by atoms with van der Waals surface area (Å²) in [7, 11) is -1.97. The summed E-state index contributed by atoms with van der Waals surface area (Å²) in [6.07, 6.45) is 5.90. The minimum Gasteiger partial charge on any atom is -0.396 e. The highest BCUT2D eigenvalue weighted by molar-refractivity contribution is 7.92. The molecule has 2 aromatic carbocycles. The zero-order valence-electron chi connectivity index (χ0n) is 19.5. The van der Waals surface area contributed by atoms with Gasteiger partial charge in [0.1, 0.15) is 5.69 Å². The first-order valence-electron chi connectivity index (χ1n) is 11.8. The Morgan fingerprint density at radius 2 is 1.82 bits per heavy atom. The molecule has 3 aromatic rings. The zero-order chi connectivity index (χ0) is 24.0. The van der Waals surface area contributed by atoms with Crippen LogP contribution in [0.25, 0.3) is 16.6 Å². The Morgan fingerprint density at radius 1 is 1.15 bits per heavy atom. The Morgan fingerprint density at radius 3 is 2.38 bits per heavy atom. The van der Waals surface area contributed by atoms with Crippen LogP contribution >= 0.6 is 0 Å². The third kappa shape index (κ3) is 4.30. The van der Waals surface area contributed by atoms with Crippen molar-refractivity contribution in [1.29, 1.82) is 0 Å². The van der Waals surface area contributed by atoms with Crippen molar-refractivity contribution >= 4 is 32.5 Å². The summed E-state index contributed by atoms with van der Waals surface area (Å²) in [5.74, 6) is 0.633. The van der Waals surface area contributed by atoms with Gasteiger partial charge in [-0.05, 0) is 79.3 Å². The van der Waals surface area contributed by atoms with Crippen molar-refractivity contribution in [1.82, 2.24) is 15.1 Å². The van der Waals surface area contributed by atoms with E-state index in [4.69, 9.17) is 5.10 Å². The maximum Gasteiger partial charge on any atom is 0.270 e.